The molecule has 0 aromatic heterocycles. The van der Waals surface area contributed by atoms with Gasteiger partial charge in [0.2, 0.25) is 5.91 Å². The minimum absolute atomic E-state index is 0.00115. The van der Waals surface area contributed by atoms with E-state index in [4.69, 9.17) is 4.74 Å². The first kappa shape index (κ1) is 23.9. The first-order valence-electron chi connectivity index (χ1n) is 10.1. The molecule has 5 nitrogen and oxygen atoms in total. The van der Waals surface area contributed by atoms with E-state index in [1.807, 2.05) is 71.0 Å². The van der Waals surface area contributed by atoms with Crippen molar-refractivity contribution in [3.8, 4) is 5.75 Å². The van der Waals surface area contributed by atoms with E-state index in [0.29, 0.717) is 12.3 Å². The second-order valence-electron chi connectivity index (χ2n) is 8.01. The molecule has 2 aromatic carbocycles. The number of carbonyl (C=O) groups is 2. The molecule has 0 aliphatic carbocycles. The van der Waals surface area contributed by atoms with Crippen LogP contribution in [0.25, 0.3) is 0 Å². The fourth-order valence-electron chi connectivity index (χ4n) is 3.10. The van der Waals surface area contributed by atoms with E-state index in [2.05, 4.69) is 21.2 Å². The largest absolute Gasteiger partial charge is 0.484 e. The van der Waals surface area contributed by atoms with Crippen molar-refractivity contribution in [2.75, 3.05) is 6.61 Å². The Morgan fingerprint density at radius 1 is 1.03 bits per heavy atom. The number of halogens is 1. The number of aryl methyl sites for hydroxylation is 3. The zero-order valence-electron chi connectivity index (χ0n) is 18.6. The van der Waals surface area contributed by atoms with Gasteiger partial charge in [0.1, 0.15) is 11.8 Å². The number of hydrogen-bond donors (Lipinski definition) is 1. The summed E-state index contributed by atoms with van der Waals surface area (Å²) in [7, 11) is 0. The van der Waals surface area contributed by atoms with E-state index in [-0.39, 0.29) is 24.5 Å². The van der Waals surface area contributed by atoms with Crippen LogP contribution in [-0.2, 0) is 16.1 Å². The molecule has 0 radical (unpaired) electrons. The highest BCUT2D eigenvalue weighted by Gasteiger charge is 2.27. The van der Waals surface area contributed by atoms with Crippen LogP contribution in [0.1, 0.15) is 43.0 Å². The third-order valence-corrected chi connectivity index (χ3v) is 6.09. The van der Waals surface area contributed by atoms with Gasteiger partial charge in [0.15, 0.2) is 6.61 Å². The molecule has 30 heavy (non-hydrogen) atoms. The number of amides is 2. The van der Waals surface area contributed by atoms with Crippen molar-refractivity contribution in [2.24, 2.45) is 0 Å². The van der Waals surface area contributed by atoms with Crippen LogP contribution in [-0.4, -0.2) is 35.4 Å². The number of carbonyl (C=O) groups excluding carboxylic acids is 2. The lowest BCUT2D eigenvalue weighted by Gasteiger charge is -2.29. The van der Waals surface area contributed by atoms with Crippen LogP contribution in [0.2, 0.25) is 0 Å². The highest BCUT2D eigenvalue weighted by molar-refractivity contribution is 9.10. The molecule has 2 aromatic rings. The van der Waals surface area contributed by atoms with Crippen molar-refractivity contribution >= 4 is 27.7 Å². The summed E-state index contributed by atoms with van der Waals surface area (Å²) < 4.78 is 6.82. The standard InChI is InChI=1S/C24H31BrN2O3/c1-15(2)26-24(29)19(6)27(13-20-9-7-16(3)8-10-20)22(28)14-30-21-11-17(4)23(25)18(5)12-21/h7-12,15,19H,13-14H2,1-6H3,(H,26,29)/t19-/m0/s1. The maximum absolute atomic E-state index is 13.1. The molecule has 0 saturated heterocycles. The predicted molar refractivity (Wildman–Crippen MR) is 124 cm³/mol. The molecule has 0 aliphatic heterocycles. The van der Waals surface area contributed by atoms with Crippen molar-refractivity contribution in [2.45, 2.75) is 60.2 Å². The molecule has 2 amide bonds. The van der Waals surface area contributed by atoms with Gasteiger partial charge in [0.05, 0.1) is 0 Å². The first-order valence-corrected chi connectivity index (χ1v) is 10.9. The molecule has 0 bridgehead atoms. The fourth-order valence-corrected chi connectivity index (χ4v) is 3.32. The van der Waals surface area contributed by atoms with E-state index >= 15 is 0 Å². The van der Waals surface area contributed by atoms with Gasteiger partial charge < -0.3 is 15.0 Å². The molecule has 0 saturated carbocycles. The molecular formula is C24H31BrN2O3. The maximum Gasteiger partial charge on any atom is 0.261 e. The molecular weight excluding hydrogens is 444 g/mol. The van der Waals surface area contributed by atoms with Crippen LogP contribution in [0.4, 0.5) is 0 Å². The van der Waals surface area contributed by atoms with Crippen molar-refractivity contribution in [1.29, 1.82) is 0 Å². The lowest BCUT2D eigenvalue weighted by Crippen LogP contribution is -2.50. The number of rotatable bonds is 8. The van der Waals surface area contributed by atoms with Gasteiger partial charge in [-0.05, 0) is 70.4 Å². The average Bonchev–Trinajstić information content (AvgIpc) is 2.68. The Labute approximate surface area is 187 Å². The van der Waals surface area contributed by atoms with Gasteiger partial charge >= 0.3 is 0 Å². The van der Waals surface area contributed by atoms with Crippen molar-refractivity contribution in [1.82, 2.24) is 10.2 Å². The minimum Gasteiger partial charge on any atom is -0.484 e. The van der Waals surface area contributed by atoms with Gasteiger partial charge in [-0.1, -0.05) is 45.8 Å². The number of hydrogen-bond acceptors (Lipinski definition) is 3. The monoisotopic (exact) mass is 474 g/mol. The fraction of sp³-hybridized carbons (Fsp3) is 0.417. The summed E-state index contributed by atoms with van der Waals surface area (Å²) in [6.45, 7) is 11.7. The van der Waals surface area contributed by atoms with Crippen molar-refractivity contribution in [3.05, 3.63) is 63.1 Å². The molecule has 6 heteroatoms. The summed E-state index contributed by atoms with van der Waals surface area (Å²) in [5, 5.41) is 2.89. The van der Waals surface area contributed by atoms with Gasteiger partial charge in [0.25, 0.3) is 5.91 Å². The highest BCUT2D eigenvalue weighted by atomic mass is 79.9. The number of ether oxygens (including phenoxy) is 1. The lowest BCUT2D eigenvalue weighted by molar-refractivity contribution is -0.142. The zero-order valence-corrected chi connectivity index (χ0v) is 20.2. The predicted octanol–water partition coefficient (Wildman–Crippen LogP) is 4.70. The normalized spacial score (nSPS) is 11.9. The average molecular weight is 475 g/mol. The highest BCUT2D eigenvalue weighted by Crippen LogP contribution is 2.26. The Morgan fingerprint density at radius 2 is 1.60 bits per heavy atom. The Balaban J connectivity index is 2.18. The third kappa shape index (κ3) is 6.59. The topological polar surface area (TPSA) is 58.6 Å². The van der Waals surface area contributed by atoms with E-state index in [1.165, 1.54) is 0 Å². The smallest absolute Gasteiger partial charge is 0.261 e. The van der Waals surface area contributed by atoms with Crippen LogP contribution >= 0.6 is 15.9 Å². The Hall–Kier alpha value is -2.34. The summed E-state index contributed by atoms with van der Waals surface area (Å²) in [4.78, 5) is 27.2. The SMILES string of the molecule is Cc1ccc(CN(C(=O)COc2cc(C)c(Br)c(C)c2)[C@@H](C)C(=O)NC(C)C)cc1. The van der Waals surface area contributed by atoms with Crippen LogP contribution in [0.3, 0.4) is 0 Å². The van der Waals surface area contributed by atoms with E-state index in [9.17, 15) is 9.59 Å². The molecule has 0 spiro atoms. The van der Waals surface area contributed by atoms with E-state index in [0.717, 1.165) is 26.7 Å². The maximum atomic E-state index is 13.1. The van der Waals surface area contributed by atoms with Gasteiger partial charge in [-0.2, -0.15) is 0 Å². The minimum atomic E-state index is -0.613. The zero-order chi connectivity index (χ0) is 22.4. The van der Waals surface area contributed by atoms with Crippen molar-refractivity contribution in [3.63, 3.8) is 0 Å². The quantitative estimate of drug-likeness (QED) is 0.603. The van der Waals surface area contributed by atoms with Crippen LogP contribution in [0.5, 0.6) is 5.75 Å². The number of nitrogens with zero attached hydrogens (tertiary/aromatic N) is 1. The Morgan fingerprint density at radius 3 is 2.13 bits per heavy atom. The van der Waals surface area contributed by atoms with Gasteiger partial charge in [0, 0.05) is 17.1 Å². The Kier molecular flexibility index (Phi) is 8.47. The van der Waals surface area contributed by atoms with Crippen LogP contribution in [0, 0.1) is 20.8 Å². The first-order chi connectivity index (χ1) is 14.1. The van der Waals surface area contributed by atoms with Gasteiger partial charge in [-0.3, -0.25) is 9.59 Å². The van der Waals surface area contributed by atoms with Crippen LogP contribution in [0.15, 0.2) is 40.9 Å². The summed E-state index contributed by atoms with van der Waals surface area (Å²) >= 11 is 3.54. The Bertz CT molecular complexity index is 871. The summed E-state index contributed by atoms with van der Waals surface area (Å²) in [5.41, 5.74) is 4.19. The third-order valence-electron chi connectivity index (χ3n) is 4.84. The molecule has 1 atom stereocenters. The van der Waals surface area contributed by atoms with E-state index in [1.54, 1.807) is 11.8 Å². The number of nitrogens with one attached hydrogen (secondary N) is 1. The molecule has 0 fully saturated rings. The summed E-state index contributed by atoms with van der Waals surface area (Å²) in [6, 6.07) is 11.1. The van der Waals surface area contributed by atoms with Gasteiger partial charge in [-0.25, -0.2) is 0 Å². The molecule has 162 valence electrons. The molecule has 0 unspecified atom stereocenters. The van der Waals surface area contributed by atoms with Gasteiger partial charge in [-0.15, -0.1) is 0 Å². The second-order valence-corrected chi connectivity index (χ2v) is 8.80. The molecule has 1 N–H and O–H groups in total. The second kappa shape index (κ2) is 10.6. The molecule has 0 heterocycles. The summed E-state index contributed by atoms with van der Waals surface area (Å²) in [6.07, 6.45) is 0. The lowest BCUT2D eigenvalue weighted by atomic mass is 10.1. The summed E-state index contributed by atoms with van der Waals surface area (Å²) in [5.74, 6) is 0.220. The molecule has 2 rings (SSSR count). The van der Waals surface area contributed by atoms with Crippen molar-refractivity contribution < 1.29 is 14.3 Å². The number of benzene rings is 2. The molecule has 0 aliphatic rings. The van der Waals surface area contributed by atoms with E-state index < -0.39 is 6.04 Å². The van der Waals surface area contributed by atoms with Crippen LogP contribution < -0.4 is 10.1 Å².